The smallest absolute Gasteiger partial charge is 0.0556 e. The van der Waals surface area contributed by atoms with Gasteiger partial charge in [-0.1, -0.05) is 46.4 Å². The van der Waals surface area contributed by atoms with Crippen LogP contribution < -0.4 is 4.13 Å². The predicted octanol–water partition coefficient (Wildman–Crippen LogP) is 6.60. The Kier molecular flexibility index (Phi) is 6.03. The molecule has 1 N–H and O–H groups in total. The van der Waals surface area contributed by atoms with Crippen LogP contribution in [0.2, 0.25) is 20.1 Å². The molecule has 2 aromatic carbocycles. The molecule has 1 nitrogen and oxygen atoms in total. The van der Waals surface area contributed by atoms with Crippen molar-refractivity contribution < 1.29 is 0 Å². The maximum Gasteiger partial charge on any atom is 0.0556 e. The van der Waals surface area contributed by atoms with E-state index in [0.717, 1.165) is 9.79 Å². The van der Waals surface area contributed by atoms with Gasteiger partial charge in [0.15, 0.2) is 0 Å². The number of nitrogens with one attached hydrogen (secondary N) is 1. The second-order valence-corrected chi connectivity index (χ2v) is 7.08. The molecule has 0 radical (unpaired) electrons. The molecule has 2 aromatic rings. The van der Waals surface area contributed by atoms with Crippen LogP contribution in [0.25, 0.3) is 0 Å². The molecular formula is C12H7Cl4NS2. The van der Waals surface area contributed by atoms with Gasteiger partial charge in [0.1, 0.15) is 0 Å². The molecule has 0 saturated heterocycles. The van der Waals surface area contributed by atoms with E-state index in [4.69, 9.17) is 46.4 Å². The highest BCUT2D eigenvalue weighted by molar-refractivity contribution is 8.12. The molecule has 0 atom stereocenters. The first kappa shape index (κ1) is 15.6. The van der Waals surface area contributed by atoms with Crippen LogP contribution in [-0.2, 0) is 0 Å². The zero-order chi connectivity index (χ0) is 13.8. The summed E-state index contributed by atoms with van der Waals surface area (Å²) in [6.07, 6.45) is 0. The summed E-state index contributed by atoms with van der Waals surface area (Å²) in [6, 6.07) is 10.6. The fraction of sp³-hybridized carbons (Fsp3) is 0. The average molecular weight is 371 g/mol. The number of hydrogen-bond donors (Lipinski definition) is 1. The van der Waals surface area contributed by atoms with Crippen LogP contribution in [-0.4, -0.2) is 0 Å². The van der Waals surface area contributed by atoms with Gasteiger partial charge in [-0.05, 0) is 60.3 Å². The summed E-state index contributed by atoms with van der Waals surface area (Å²) in [5.41, 5.74) is 0. The standard InChI is InChI=1S/C12H7Cl4NS2/c13-7-1-3-9(15)11(5-7)18-17-19-12-6-8(14)2-4-10(12)16/h1-6,17H. The molecule has 0 bridgehead atoms. The largest absolute Gasteiger partial charge is 0.199 e. The van der Waals surface area contributed by atoms with Crippen molar-refractivity contribution in [1.29, 1.82) is 0 Å². The Morgan fingerprint density at radius 2 is 1.11 bits per heavy atom. The molecule has 0 aliphatic heterocycles. The first-order valence-electron chi connectivity index (χ1n) is 5.05. The second-order valence-electron chi connectivity index (χ2n) is 3.44. The van der Waals surface area contributed by atoms with E-state index in [-0.39, 0.29) is 0 Å². The quantitative estimate of drug-likeness (QED) is 0.608. The molecule has 100 valence electrons. The molecule has 19 heavy (non-hydrogen) atoms. The summed E-state index contributed by atoms with van der Waals surface area (Å²) in [6.45, 7) is 0. The van der Waals surface area contributed by atoms with Crippen LogP contribution in [0.5, 0.6) is 0 Å². The van der Waals surface area contributed by atoms with E-state index in [1.54, 1.807) is 36.4 Å². The van der Waals surface area contributed by atoms with Crippen molar-refractivity contribution in [2.75, 3.05) is 0 Å². The number of rotatable bonds is 4. The zero-order valence-corrected chi connectivity index (χ0v) is 13.9. The van der Waals surface area contributed by atoms with Crippen LogP contribution in [0.4, 0.5) is 0 Å². The van der Waals surface area contributed by atoms with Crippen molar-refractivity contribution in [2.45, 2.75) is 9.79 Å². The van der Waals surface area contributed by atoms with Gasteiger partial charge in [-0.25, -0.2) is 0 Å². The van der Waals surface area contributed by atoms with Gasteiger partial charge in [-0.3, -0.25) is 0 Å². The fourth-order valence-electron chi connectivity index (χ4n) is 1.22. The molecule has 0 aromatic heterocycles. The molecule has 0 spiro atoms. The summed E-state index contributed by atoms with van der Waals surface area (Å²) in [4.78, 5) is 1.69. The molecule has 2 rings (SSSR count). The lowest BCUT2D eigenvalue weighted by Crippen LogP contribution is -1.91. The minimum absolute atomic E-state index is 0.638. The van der Waals surface area contributed by atoms with Gasteiger partial charge in [-0.2, -0.15) is 4.13 Å². The topological polar surface area (TPSA) is 12.0 Å². The van der Waals surface area contributed by atoms with Gasteiger partial charge in [0, 0.05) is 19.8 Å². The zero-order valence-electron chi connectivity index (χ0n) is 9.29. The summed E-state index contributed by atoms with van der Waals surface area (Å²) < 4.78 is 3.10. The first-order chi connectivity index (χ1) is 9.06. The van der Waals surface area contributed by atoms with Crippen LogP contribution >= 0.6 is 70.3 Å². The Morgan fingerprint density at radius 3 is 1.53 bits per heavy atom. The van der Waals surface area contributed by atoms with E-state index in [0.29, 0.717) is 20.1 Å². The second kappa shape index (κ2) is 7.32. The van der Waals surface area contributed by atoms with E-state index in [2.05, 4.69) is 4.13 Å². The van der Waals surface area contributed by atoms with E-state index in [1.807, 2.05) is 0 Å². The summed E-state index contributed by atoms with van der Waals surface area (Å²) in [5, 5.41) is 2.55. The Morgan fingerprint density at radius 1 is 0.684 bits per heavy atom. The summed E-state index contributed by atoms with van der Waals surface area (Å²) in [5.74, 6) is 0. The van der Waals surface area contributed by atoms with Gasteiger partial charge in [0.2, 0.25) is 0 Å². The van der Waals surface area contributed by atoms with Crippen LogP contribution in [0.15, 0.2) is 46.2 Å². The molecule has 7 heteroatoms. The minimum Gasteiger partial charge on any atom is -0.199 e. The van der Waals surface area contributed by atoms with E-state index in [9.17, 15) is 0 Å². The SMILES string of the molecule is Clc1ccc(Cl)c(SNSc2cc(Cl)ccc2Cl)c1. The van der Waals surface area contributed by atoms with Gasteiger partial charge < -0.3 is 0 Å². The molecule has 0 aliphatic rings. The third-order valence-corrected chi connectivity index (χ3v) is 5.23. The van der Waals surface area contributed by atoms with Gasteiger partial charge in [0.25, 0.3) is 0 Å². The van der Waals surface area contributed by atoms with Crippen molar-refractivity contribution in [1.82, 2.24) is 4.13 Å². The lowest BCUT2D eigenvalue weighted by atomic mass is 10.4. The number of benzene rings is 2. The van der Waals surface area contributed by atoms with Gasteiger partial charge >= 0.3 is 0 Å². The van der Waals surface area contributed by atoms with Crippen LogP contribution in [0.3, 0.4) is 0 Å². The highest BCUT2D eigenvalue weighted by Gasteiger charge is 2.05. The average Bonchev–Trinajstić information content (AvgIpc) is 2.38. The van der Waals surface area contributed by atoms with Crippen molar-refractivity contribution in [3.05, 3.63) is 56.5 Å². The van der Waals surface area contributed by atoms with E-state index < -0.39 is 0 Å². The highest BCUT2D eigenvalue weighted by atomic mass is 35.5. The third-order valence-electron chi connectivity index (χ3n) is 2.09. The Bertz CT molecular complexity index is 540. The summed E-state index contributed by atoms with van der Waals surface area (Å²) in [7, 11) is 0. The summed E-state index contributed by atoms with van der Waals surface area (Å²) >= 11 is 26.7. The molecule has 0 amide bonds. The fourth-order valence-corrected chi connectivity index (χ4v) is 3.75. The van der Waals surface area contributed by atoms with Crippen molar-refractivity contribution in [3.63, 3.8) is 0 Å². The Labute approximate surface area is 140 Å². The molecule has 0 unspecified atom stereocenters. The third kappa shape index (κ3) is 4.64. The number of halogens is 4. The van der Waals surface area contributed by atoms with Gasteiger partial charge in [-0.15, -0.1) is 0 Å². The lowest BCUT2D eigenvalue weighted by molar-refractivity contribution is 1.42. The van der Waals surface area contributed by atoms with Crippen molar-refractivity contribution in [3.8, 4) is 0 Å². The minimum atomic E-state index is 0.638. The molecule has 0 aliphatic carbocycles. The Hall–Kier alpha value is 0.260. The molecule has 0 saturated carbocycles. The highest BCUT2D eigenvalue weighted by Crippen LogP contribution is 2.33. The van der Waals surface area contributed by atoms with E-state index in [1.165, 1.54) is 23.9 Å². The maximum absolute atomic E-state index is 6.06. The molecule has 0 heterocycles. The van der Waals surface area contributed by atoms with Gasteiger partial charge in [0.05, 0.1) is 10.0 Å². The normalized spacial score (nSPS) is 10.7. The van der Waals surface area contributed by atoms with Crippen LogP contribution in [0.1, 0.15) is 0 Å². The maximum atomic E-state index is 6.06. The van der Waals surface area contributed by atoms with Crippen LogP contribution in [0, 0.1) is 0 Å². The van der Waals surface area contributed by atoms with Crippen molar-refractivity contribution >= 4 is 70.3 Å². The Balaban J connectivity index is 2.00. The lowest BCUT2D eigenvalue weighted by Gasteiger charge is -2.07. The molecular weight excluding hydrogens is 364 g/mol. The number of hydrogen-bond acceptors (Lipinski definition) is 3. The monoisotopic (exact) mass is 369 g/mol. The first-order valence-corrected chi connectivity index (χ1v) is 8.19. The predicted molar refractivity (Wildman–Crippen MR) is 87.8 cm³/mol. The van der Waals surface area contributed by atoms with E-state index >= 15 is 0 Å². The van der Waals surface area contributed by atoms with Crippen molar-refractivity contribution in [2.24, 2.45) is 0 Å². The molecule has 0 fully saturated rings.